The molecule has 0 saturated heterocycles. The molecule has 102 valence electrons. The molecule has 0 fully saturated rings. The number of nitrogens with two attached hydrogens (primary N) is 1. The molecule has 0 unspecified atom stereocenters. The van der Waals surface area contributed by atoms with Gasteiger partial charge in [0.25, 0.3) is 5.91 Å². The number of hydrogen-bond acceptors (Lipinski definition) is 3. The number of benzene rings is 1. The molecular formula is C14H12BrN3OS. The number of carbonyl (C=O) groups excluding carboxylic acids is 1. The topological polar surface area (TPSA) is 70.9 Å². The maximum absolute atomic E-state index is 12.2. The Morgan fingerprint density at radius 2 is 2.20 bits per heavy atom. The standard InChI is InChI=1S/C14H12BrN3OS/c15-13-4-2-9(20-13)6-18-14(19)11-7-17-12-3-1-8(16)5-10(11)12/h1-5,7,17H,6,16H2,(H,18,19). The zero-order valence-electron chi connectivity index (χ0n) is 10.4. The minimum atomic E-state index is -0.105. The normalized spacial score (nSPS) is 10.8. The van der Waals surface area contributed by atoms with E-state index in [1.807, 2.05) is 30.3 Å². The number of anilines is 1. The molecule has 0 aliphatic carbocycles. The summed E-state index contributed by atoms with van der Waals surface area (Å²) < 4.78 is 1.06. The van der Waals surface area contributed by atoms with E-state index in [-0.39, 0.29) is 5.91 Å². The van der Waals surface area contributed by atoms with Crippen LogP contribution in [0.5, 0.6) is 0 Å². The van der Waals surface area contributed by atoms with Gasteiger partial charge in [0.05, 0.1) is 15.9 Å². The second kappa shape index (κ2) is 5.30. The van der Waals surface area contributed by atoms with Crippen molar-refractivity contribution in [1.29, 1.82) is 0 Å². The summed E-state index contributed by atoms with van der Waals surface area (Å²) in [6.45, 7) is 0.518. The van der Waals surface area contributed by atoms with Crippen molar-refractivity contribution in [2.24, 2.45) is 0 Å². The van der Waals surface area contributed by atoms with Crippen molar-refractivity contribution < 1.29 is 4.79 Å². The predicted molar refractivity (Wildman–Crippen MR) is 85.9 cm³/mol. The van der Waals surface area contributed by atoms with Crippen molar-refractivity contribution in [1.82, 2.24) is 10.3 Å². The van der Waals surface area contributed by atoms with Crippen molar-refractivity contribution in [3.8, 4) is 0 Å². The average Bonchev–Trinajstić information content (AvgIpc) is 3.02. The minimum Gasteiger partial charge on any atom is -0.399 e. The van der Waals surface area contributed by atoms with Crippen LogP contribution in [0.1, 0.15) is 15.2 Å². The fraction of sp³-hybridized carbons (Fsp3) is 0.0714. The van der Waals surface area contributed by atoms with Crippen LogP contribution in [0.3, 0.4) is 0 Å². The van der Waals surface area contributed by atoms with E-state index in [9.17, 15) is 4.79 Å². The SMILES string of the molecule is Nc1ccc2[nH]cc(C(=O)NCc3ccc(Br)s3)c2c1. The number of carbonyl (C=O) groups is 1. The van der Waals surface area contributed by atoms with Gasteiger partial charge in [-0.2, -0.15) is 0 Å². The number of hydrogen-bond donors (Lipinski definition) is 3. The van der Waals surface area contributed by atoms with Crippen molar-refractivity contribution in [3.63, 3.8) is 0 Å². The molecule has 0 saturated carbocycles. The van der Waals surface area contributed by atoms with E-state index >= 15 is 0 Å². The first-order chi connectivity index (χ1) is 9.63. The van der Waals surface area contributed by atoms with Gasteiger partial charge in [-0.05, 0) is 46.3 Å². The quantitative estimate of drug-likeness (QED) is 0.633. The van der Waals surface area contributed by atoms with E-state index in [2.05, 4.69) is 26.2 Å². The molecule has 6 heteroatoms. The van der Waals surface area contributed by atoms with Crippen LogP contribution >= 0.6 is 27.3 Å². The Morgan fingerprint density at radius 1 is 1.35 bits per heavy atom. The third-order valence-corrected chi connectivity index (χ3v) is 4.63. The molecule has 0 aliphatic heterocycles. The fourth-order valence-corrected chi connectivity index (χ4v) is 3.46. The Labute approximate surface area is 128 Å². The third kappa shape index (κ3) is 2.57. The van der Waals surface area contributed by atoms with Gasteiger partial charge >= 0.3 is 0 Å². The molecule has 2 aromatic heterocycles. The molecule has 0 aliphatic rings. The van der Waals surface area contributed by atoms with E-state index in [1.165, 1.54) is 0 Å². The summed E-state index contributed by atoms with van der Waals surface area (Å²) in [5, 5.41) is 3.76. The van der Waals surface area contributed by atoms with Gasteiger partial charge in [0.2, 0.25) is 0 Å². The number of fused-ring (bicyclic) bond motifs is 1. The molecular weight excluding hydrogens is 338 g/mol. The number of thiophene rings is 1. The van der Waals surface area contributed by atoms with E-state index in [1.54, 1.807) is 17.5 Å². The van der Waals surface area contributed by atoms with E-state index in [4.69, 9.17) is 5.73 Å². The van der Waals surface area contributed by atoms with Crippen LogP contribution in [0.15, 0.2) is 40.3 Å². The van der Waals surface area contributed by atoms with Crippen LogP contribution < -0.4 is 11.1 Å². The summed E-state index contributed by atoms with van der Waals surface area (Å²) in [5.74, 6) is -0.105. The fourth-order valence-electron chi connectivity index (χ4n) is 2.04. The van der Waals surface area contributed by atoms with E-state index in [0.717, 1.165) is 19.6 Å². The maximum atomic E-state index is 12.2. The molecule has 20 heavy (non-hydrogen) atoms. The monoisotopic (exact) mass is 349 g/mol. The number of H-pyrrole nitrogens is 1. The van der Waals surface area contributed by atoms with Gasteiger partial charge in [0, 0.05) is 27.7 Å². The molecule has 1 amide bonds. The number of halogens is 1. The molecule has 3 rings (SSSR count). The van der Waals surface area contributed by atoms with Gasteiger partial charge in [-0.15, -0.1) is 11.3 Å². The highest BCUT2D eigenvalue weighted by atomic mass is 79.9. The van der Waals surface area contributed by atoms with Gasteiger partial charge < -0.3 is 16.0 Å². The molecule has 0 spiro atoms. The van der Waals surface area contributed by atoms with Crippen molar-refractivity contribution >= 4 is 49.8 Å². The van der Waals surface area contributed by atoms with Crippen molar-refractivity contribution in [3.05, 3.63) is 50.8 Å². The van der Waals surface area contributed by atoms with Gasteiger partial charge in [0.1, 0.15) is 0 Å². The lowest BCUT2D eigenvalue weighted by Crippen LogP contribution is -2.21. The number of aromatic amines is 1. The van der Waals surface area contributed by atoms with Crippen LogP contribution in [0.25, 0.3) is 10.9 Å². The lowest BCUT2D eigenvalue weighted by molar-refractivity contribution is 0.0953. The summed E-state index contributed by atoms with van der Waals surface area (Å²) in [7, 11) is 0. The summed E-state index contributed by atoms with van der Waals surface area (Å²) in [4.78, 5) is 16.4. The summed E-state index contributed by atoms with van der Waals surface area (Å²) in [6.07, 6.45) is 1.71. The molecule has 1 aromatic carbocycles. The van der Waals surface area contributed by atoms with E-state index < -0.39 is 0 Å². The Morgan fingerprint density at radius 3 is 2.95 bits per heavy atom. The maximum Gasteiger partial charge on any atom is 0.253 e. The lowest BCUT2D eigenvalue weighted by atomic mass is 10.1. The van der Waals surface area contributed by atoms with Crippen LogP contribution in [0.4, 0.5) is 5.69 Å². The van der Waals surface area contributed by atoms with Crippen LogP contribution in [-0.2, 0) is 6.54 Å². The highest BCUT2D eigenvalue weighted by Crippen LogP contribution is 2.23. The zero-order valence-corrected chi connectivity index (χ0v) is 12.8. The number of nitrogen functional groups attached to an aromatic ring is 1. The Hall–Kier alpha value is -1.79. The molecule has 0 bridgehead atoms. The highest BCUT2D eigenvalue weighted by molar-refractivity contribution is 9.11. The second-order valence-electron chi connectivity index (χ2n) is 4.40. The van der Waals surface area contributed by atoms with Crippen LogP contribution in [0.2, 0.25) is 0 Å². The van der Waals surface area contributed by atoms with Gasteiger partial charge in [-0.25, -0.2) is 0 Å². The molecule has 0 atom stereocenters. The predicted octanol–water partition coefficient (Wildman–Crippen LogP) is 3.50. The minimum absolute atomic E-state index is 0.105. The number of nitrogens with one attached hydrogen (secondary N) is 2. The second-order valence-corrected chi connectivity index (χ2v) is 6.94. The summed E-state index contributed by atoms with van der Waals surface area (Å²) in [5.41, 5.74) is 7.94. The first-order valence-corrected chi connectivity index (χ1v) is 7.63. The molecule has 4 nitrogen and oxygen atoms in total. The number of aromatic nitrogens is 1. The highest BCUT2D eigenvalue weighted by Gasteiger charge is 2.12. The molecule has 3 aromatic rings. The van der Waals surface area contributed by atoms with Gasteiger partial charge in [-0.1, -0.05) is 0 Å². The molecule has 0 radical (unpaired) electrons. The number of amides is 1. The Bertz CT molecular complexity index is 778. The lowest BCUT2D eigenvalue weighted by Gasteiger charge is -2.03. The van der Waals surface area contributed by atoms with Gasteiger partial charge in [0.15, 0.2) is 0 Å². The molecule has 2 heterocycles. The van der Waals surface area contributed by atoms with Crippen LogP contribution in [0, 0.1) is 0 Å². The molecule has 4 N–H and O–H groups in total. The summed E-state index contributed by atoms with van der Waals surface area (Å²) in [6, 6.07) is 9.45. The number of rotatable bonds is 3. The van der Waals surface area contributed by atoms with Crippen molar-refractivity contribution in [2.45, 2.75) is 6.54 Å². The smallest absolute Gasteiger partial charge is 0.253 e. The third-order valence-electron chi connectivity index (χ3n) is 3.00. The Balaban J connectivity index is 1.80. The zero-order chi connectivity index (χ0) is 14.1. The average molecular weight is 350 g/mol. The first-order valence-electron chi connectivity index (χ1n) is 6.02. The van der Waals surface area contributed by atoms with Crippen LogP contribution in [-0.4, -0.2) is 10.9 Å². The van der Waals surface area contributed by atoms with Gasteiger partial charge in [-0.3, -0.25) is 4.79 Å². The Kier molecular flexibility index (Phi) is 3.50. The van der Waals surface area contributed by atoms with E-state index in [0.29, 0.717) is 17.8 Å². The van der Waals surface area contributed by atoms with Crippen molar-refractivity contribution in [2.75, 3.05) is 5.73 Å². The largest absolute Gasteiger partial charge is 0.399 e. The summed E-state index contributed by atoms with van der Waals surface area (Å²) >= 11 is 5.01. The first kappa shape index (κ1) is 13.2.